The molecule has 3 heterocycles. The first-order valence-electron chi connectivity index (χ1n) is 8.78. The van der Waals surface area contributed by atoms with Crippen LogP contribution in [0.3, 0.4) is 0 Å². The van der Waals surface area contributed by atoms with Gasteiger partial charge in [-0.2, -0.15) is 4.52 Å². The number of nitrogens with zero attached hydrogens (tertiary/aromatic N) is 3. The fraction of sp³-hybridized carbons (Fsp3) is 0.444. The zero-order valence-electron chi connectivity index (χ0n) is 14.8. The number of methoxy groups -OCH3 is 1. The lowest BCUT2D eigenvalue weighted by molar-refractivity contribution is -0.931. The molecule has 0 unspecified atom stereocenters. The van der Waals surface area contributed by atoms with Crippen molar-refractivity contribution in [3.8, 4) is 11.6 Å². The van der Waals surface area contributed by atoms with Gasteiger partial charge in [0.05, 0.1) is 26.3 Å². The quantitative estimate of drug-likeness (QED) is 0.632. The molecule has 0 saturated carbocycles. The van der Waals surface area contributed by atoms with Gasteiger partial charge in [0, 0.05) is 18.4 Å². The third-order valence-electron chi connectivity index (χ3n) is 5.00. The van der Waals surface area contributed by atoms with Crippen molar-refractivity contribution in [3.63, 3.8) is 0 Å². The Balaban J connectivity index is 1.80. The molecule has 1 fully saturated rings. The van der Waals surface area contributed by atoms with Crippen molar-refractivity contribution in [2.24, 2.45) is 0 Å². The minimum atomic E-state index is -0.233. The van der Waals surface area contributed by atoms with Gasteiger partial charge in [-0.25, -0.2) is 4.98 Å². The smallest absolute Gasteiger partial charge is 0.235 e. The van der Waals surface area contributed by atoms with E-state index in [1.165, 1.54) is 20.8 Å². The molecule has 1 aliphatic rings. The van der Waals surface area contributed by atoms with E-state index in [2.05, 4.69) is 16.1 Å². The molecule has 2 aromatic heterocycles. The van der Waals surface area contributed by atoms with Crippen molar-refractivity contribution >= 4 is 16.3 Å². The molecular weight excluding hydrogens is 352 g/mol. The fourth-order valence-electron chi connectivity index (χ4n) is 3.69. The summed E-state index contributed by atoms with van der Waals surface area (Å²) < 4.78 is 6.91. The minimum absolute atomic E-state index is 0.0496. The molecule has 8 heteroatoms. The van der Waals surface area contributed by atoms with Crippen LogP contribution in [0.1, 0.15) is 35.1 Å². The molecule has 0 bridgehead atoms. The number of hydrogen-bond donors (Lipinski definition) is 3. The Bertz CT molecular complexity index is 914. The van der Waals surface area contributed by atoms with Crippen LogP contribution in [-0.4, -0.2) is 51.1 Å². The topological polar surface area (TPSA) is 84.3 Å². The second-order valence-electron chi connectivity index (χ2n) is 6.74. The number of aromatic hydroxyl groups is 1. The number of ether oxygens (including phenoxy) is 1. The highest BCUT2D eigenvalue weighted by atomic mass is 32.1. The van der Waals surface area contributed by atoms with Crippen molar-refractivity contribution in [1.29, 1.82) is 0 Å². The van der Waals surface area contributed by atoms with Crippen molar-refractivity contribution < 1.29 is 19.8 Å². The lowest BCUT2D eigenvalue weighted by atomic mass is 9.99. The number of aryl methyl sites for hydroxylation is 1. The van der Waals surface area contributed by atoms with Crippen LogP contribution in [0.15, 0.2) is 24.3 Å². The fourth-order valence-corrected chi connectivity index (χ4v) is 4.88. The molecule has 7 nitrogen and oxygen atoms in total. The lowest BCUT2D eigenvalue weighted by Gasteiger charge is -2.33. The largest absolute Gasteiger partial charge is 0.497 e. The molecule has 0 aliphatic carbocycles. The van der Waals surface area contributed by atoms with E-state index >= 15 is 0 Å². The van der Waals surface area contributed by atoms with E-state index in [-0.39, 0.29) is 18.0 Å². The van der Waals surface area contributed by atoms with Crippen LogP contribution in [-0.2, 0) is 0 Å². The summed E-state index contributed by atoms with van der Waals surface area (Å²) in [6.45, 7) is 3.50. The third kappa shape index (κ3) is 3.04. The molecule has 1 aliphatic heterocycles. The van der Waals surface area contributed by atoms with Gasteiger partial charge in [0.1, 0.15) is 16.5 Å². The monoisotopic (exact) mass is 375 g/mol. The van der Waals surface area contributed by atoms with E-state index < -0.39 is 0 Å². The first kappa shape index (κ1) is 17.3. The number of thiazole rings is 1. The van der Waals surface area contributed by atoms with E-state index in [0.29, 0.717) is 10.8 Å². The zero-order chi connectivity index (χ0) is 18.3. The van der Waals surface area contributed by atoms with Gasteiger partial charge in [-0.3, -0.25) is 0 Å². The number of likely N-dealkylation sites (tertiary alicyclic amines) is 1. The summed E-state index contributed by atoms with van der Waals surface area (Å²) in [5.74, 6) is 1.58. The Labute approximate surface area is 155 Å². The second-order valence-corrected chi connectivity index (χ2v) is 7.75. The highest BCUT2D eigenvalue weighted by Gasteiger charge is 2.35. The number of aliphatic hydroxyl groups is 1. The number of quaternary nitrogens is 1. The van der Waals surface area contributed by atoms with E-state index in [4.69, 9.17) is 4.74 Å². The van der Waals surface area contributed by atoms with Gasteiger partial charge in [-0.1, -0.05) is 23.5 Å². The summed E-state index contributed by atoms with van der Waals surface area (Å²) >= 11 is 1.47. The molecule has 0 amide bonds. The maximum Gasteiger partial charge on any atom is 0.235 e. The van der Waals surface area contributed by atoms with Crippen LogP contribution in [0.5, 0.6) is 11.6 Å². The summed E-state index contributed by atoms with van der Waals surface area (Å²) in [5.41, 5.74) is 1.08. The number of rotatable bonds is 4. The molecule has 138 valence electrons. The number of nitrogens with one attached hydrogen (secondary N) is 1. The van der Waals surface area contributed by atoms with Crippen molar-refractivity contribution in [2.75, 3.05) is 20.2 Å². The van der Waals surface area contributed by atoms with Gasteiger partial charge in [-0.15, -0.1) is 5.10 Å². The van der Waals surface area contributed by atoms with Gasteiger partial charge in [-0.05, 0) is 19.1 Å². The average molecular weight is 375 g/mol. The van der Waals surface area contributed by atoms with Crippen LogP contribution in [0.25, 0.3) is 4.96 Å². The maximum absolute atomic E-state index is 10.8. The lowest BCUT2D eigenvalue weighted by Crippen LogP contribution is -3.13. The van der Waals surface area contributed by atoms with Crippen molar-refractivity contribution in [3.05, 3.63) is 40.5 Å². The van der Waals surface area contributed by atoms with Gasteiger partial charge in [0.15, 0.2) is 6.04 Å². The van der Waals surface area contributed by atoms with Crippen LogP contribution in [0.2, 0.25) is 0 Å². The Morgan fingerprint density at radius 1 is 1.35 bits per heavy atom. The molecule has 26 heavy (non-hydrogen) atoms. The van der Waals surface area contributed by atoms with Gasteiger partial charge in [0.25, 0.3) is 0 Å². The highest BCUT2D eigenvalue weighted by Crippen LogP contribution is 2.36. The number of benzene rings is 1. The summed E-state index contributed by atoms with van der Waals surface area (Å²) in [4.78, 5) is 7.26. The van der Waals surface area contributed by atoms with Crippen LogP contribution in [0, 0.1) is 6.92 Å². The first-order valence-corrected chi connectivity index (χ1v) is 9.60. The molecular formula is C18H23N4O3S+. The predicted molar refractivity (Wildman–Crippen MR) is 98.0 cm³/mol. The Hall–Kier alpha value is -2.16. The Morgan fingerprint density at radius 2 is 2.12 bits per heavy atom. The zero-order valence-corrected chi connectivity index (χ0v) is 15.7. The van der Waals surface area contributed by atoms with Crippen LogP contribution < -0.4 is 9.64 Å². The van der Waals surface area contributed by atoms with E-state index in [1.54, 1.807) is 7.11 Å². The van der Waals surface area contributed by atoms with E-state index in [9.17, 15) is 10.2 Å². The second kappa shape index (κ2) is 6.86. The predicted octanol–water partition coefficient (Wildman–Crippen LogP) is 0.942. The van der Waals surface area contributed by atoms with Crippen LogP contribution >= 0.6 is 11.3 Å². The summed E-state index contributed by atoms with van der Waals surface area (Å²) in [7, 11) is 1.65. The number of piperidine rings is 1. The molecule has 3 aromatic rings. The molecule has 4 rings (SSSR count). The number of hydrogen-bond acceptors (Lipinski definition) is 6. The maximum atomic E-state index is 10.8. The van der Waals surface area contributed by atoms with Crippen LogP contribution in [0.4, 0.5) is 0 Å². The average Bonchev–Trinajstić information content (AvgIpc) is 3.15. The highest BCUT2D eigenvalue weighted by molar-refractivity contribution is 7.17. The Kier molecular flexibility index (Phi) is 4.56. The minimum Gasteiger partial charge on any atom is -0.497 e. The van der Waals surface area contributed by atoms with Crippen molar-refractivity contribution in [2.45, 2.75) is 31.9 Å². The summed E-state index contributed by atoms with van der Waals surface area (Å²) in [5, 5.41) is 25.0. The number of fused-ring (bicyclic) bond motifs is 1. The SMILES string of the molecule is COc1cccc([C@H](c2sc3nc(C)nn3c2O)[NH+]2CCC(O)CC2)c1. The molecule has 3 N–H and O–H groups in total. The Morgan fingerprint density at radius 3 is 2.81 bits per heavy atom. The summed E-state index contributed by atoms with van der Waals surface area (Å²) in [6.07, 6.45) is 1.29. The molecule has 1 saturated heterocycles. The van der Waals surface area contributed by atoms with Gasteiger partial charge < -0.3 is 19.8 Å². The molecule has 0 spiro atoms. The van der Waals surface area contributed by atoms with Crippen molar-refractivity contribution in [1.82, 2.24) is 14.6 Å². The molecule has 1 aromatic carbocycles. The normalized spacial score (nSPS) is 21.8. The first-order chi connectivity index (χ1) is 12.6. The number of aromatic nitrogens is 3. The molecule has 1 atom stereocenters. The standard InChI is InChI=1S/C18H22N4O3S/c1-11-19-18-22(20-11)17(24)16(26-18)15(21-8-6-13(23)7-9-21)12-4-3-5-14(10-12)25-2/h3-5,10,13,15,23-24H,6-9H2,1-2H3/p+1/t15-/m1/s1. The molecule has 0 radical (unpaired) electrons. The van der Waals surface area contributed by atoms with E-state index in [0.717, 1.165) is 42.1 Å². The summed E-state index contributed by atoms with van der Waals surface area (Å²) in [6, 6.07) is 7.92. The van der Waals surface area contributed by atoms with Gasteiger partial charge in [0.2, 0.25) is 10.8 Å². The van der Waals surface area contributed by atoms with Gasteiger partial charge >= 0.3 is 0 Å². The van der Waals surface area contributed by atoms with E-state index in [1.807, 2.05) is 25.1 Å². The third-order valence-corrected chi connectivity index (χ3v) is 6.09. The number of aliphatic hydroxyl groups excluding tert-OH is 1.